The van der Waals surface area contributed by atoms with Crippen molar-refractivity contribution in [2.45, 2.75) is 116 Å². The van der Waals surface area contributed by atoms with Gasteiger partial charge in [0.1, 0.15) is 24.2 Å². The van der Waals surface area contributed by atoms with Gasteiger partial charge in [-0.05, 0) is 92.9 Å². The summed E-state index contributed by atoms with van der Waals surface area (Å²) in [4.78, 5) is 77.2. The number of benzene rings is 3. The van der Waals surface area contributed by atoms with E-state index in [0.29, 0.717) is 32.4 Å². The normalized spacial score (nSPS) is 18.9. The second-order valence-electron chi connectivity index (χ2n) is 20.8. The molecule has 5 N–H and O–H groups in total. The first kappa shape index (κ1) is 53.9. The number of carbonyl (C=O) groups excluding carboxylic acids is 4. The van der Waals surface area contributed by atoms with Crippen molar-refractivity contribution < 1.29 is 42.2 Å². The first-order valence-corrected chi connectivity index (χ1v) is 26.4. The number of carbonyl (C=O) groups is 4. The quantitative estimate of drug-likeness (QED) is 0.0558. The summed E-state index contributed by atoms with van der Waals surface area (Å²) in [5.41, 5.74) is 13.0. The fourth-order valence-corrected chi connectivity index (χ4v) is 11.1. The Bertz CT molecular complexity index is 2790. The van der Waals surface area contributed by atoms with Gasteiger partial charge in [-0.25, -0.2) is 15.0 Å². The van der Waals surface area contributed by atoms with Gasteiger partial charge in [0.05, 0.1) is 45.0 Å². The molecule has 20 heteroatoms. The van der Waals surface area contributed by atoms with E-state index in [0.717, 1.165) is 102 Å². The molecule has 3 fully saturated rings. The van der Waals surface area contributed by atoms with E-state index in [4.69, 9.17) is 5.73 Å². The predicted octanol–water partition coefficient (Wildman–Crippen LogP) is 7.61. The Hall–Kier alpha value is -6.38. The van der Waals surface area contributed by atoms with Crippen molar-refractivity contribution in [3.05, 3.63) is 95.0 Å². The van der Waals surface area contributed by atoms with E-state index < -0.39 is 35.7 Å². The van der Waals surface area contributed by atoms with Gasteiger partial charge in [-0.1, -0.05) is 51.5 Å². The van der Waals surface area contributed by atoms with E-state index in [9.17, 15) is 37.5 Å². The van der Waals surface area contributed by atoms with E-state index in [2.05, 4.69) is 58.3 Å². The molecule has 16 nitrogen and oxygen atoms in total. The Balaban J connectivity index is 0.757. The minimum atomic E-state index is -4.86. The van der Waals surface area contributed by atoms with Crippen LogP contribution in [0.15, 0.2) is 72.5 Å². The van der Waals surface area contributed by atoms with Crippen molar-refractivity contribution in [1.82, 2.24) is 40.3 Å². The number of nitrogens with one attached hydrogen (secondary N) is 2. The zero-order valence-corrected chi connectivity index (χ0v) is 43.5. The fraction of sp³-hybridized carbons (Fsp3) is 0.500. The number of anilines is 2. The van der Waals surface area contributed by atoms with Gasteiger partial charge in [-0.3, -0.25) is 24.1 Å². The molecule has 0 unspecified atom stereocenters. The van der Waals surface area contributed by atoms with Crippen molar-refractivity contribution in [3.8, 4) is 16.2 Å². The third-order valence-corrected chi connectivity index (χ3v) is 15.5. The van der Waals surface area contributed by atoms with Gasteiger partial charge in [-0.15, -0.1) is 24.5 Å². The van der Waals surface area contributed by atoms with Crippen LogP contribution in [0.5, 0.6) is 5.75 Å². The lowest BCUT2D eigenvalue weighted by Gasteiger charge is -2.36. The largest absolute Gasteiger partial charge is 0.573 e. The topological polar surface area (TPSA) is 199 Å². The summed E-state index contributed by atoms with van der Waals surface area (Å²) in [6, 6.07) is 15.5. The summed E-state index contributed by atoms with van der Waals surface area (Å²) in [5.74, 6) is -1.68. The third-order valence-electron chi connectivity index (χ3n) is 14.5. The molecule has 3 aromatic carbocycles. The predicted molar refractivity (Wildman–Crippen MR) is 278 cm³/mol. The number of nitrogens with zero attached hydrogens (tertiary/aromatic N) is 7. The van der Waals surface area contributed by atoms with Crippen LogP contribution < -0.4 is 26.0 Å². The van der Waals surface area contributed by atoms with E-state index in [1.54, 1.807) is 22.6 Å². The molecule has 4 amide bonds. The van der Waals surface area contributed by atoms with Crippen molar-refractivity contribution >= 4 is 57.2 Å². The summed E-state index contributed by atoms with van der Waals surface area (Å²) in [5, 5.41) is 17.7. The molecular formula is C54H67F3N10O6S. The number of aromatic nitrogens is 3. The molecular weight excluding hydrogens is 974 g/mol. The van der Waals surface area contributed by atoms with Crippen LogP contribution in [0.25, 0.3) is 21.3 Å². The summed E-state index contributed by atoms with van der Waals surface area (Å²) in [7, 11) is 0. The van der Waals surface area contributed by atoms with Crippen LogP contribution in [0.1, 0.15) is 112 Å². The van der Waals surface area contributed by atoms with E-state index in [1.807, 2.05) is 64.4 Å². The maximum atomic E-state index is 14.2. The highest BCUT2D eigenvalue weighted by atomic mass is 32.1. The van der Waals surface area contributed by atoms with Crippen LogP contribution in [0.3, 0.4) is 0 Å². The highest BCUT2D eigenvalue weighted by molar-refractivity contribution is 7.13. The van der Waals surface area contributed by atoms with Crippen molar-refractivity contribution in [1.29, 1.82) is 0 Å². The number of hydrogen-bond donors (Lipinski definition) is 4. The number of ether oxygens (including phenoxy) is 1. The number of nitrogens with two attached hydrogens (primary N) is 1. The number of amides is 4. The molecule has 2 aromatic heterocycles. The number of likely N-dealkylation sites (tertiary alicyclic amines) is 2. The number of piperidine rings is 1. The summed E-state index contributed by atoms with van der Waals surface area (Å²) in [6.07, 6.45) is 0.00175. The Morgan fingerprint density at radius 2 is 1.62 bits per heavy atom. The first-order valence-electron chi connectivity index (χ1n) is 25.5. The third kappa shape index (κ3) is 13.1. The zero-order valence-electron chi connectivity index (χ0n) is 42.7. The molecule has 396 valence electrons. The number of rotatable bonds is 16. The molecule has 0 radical (unpaired) electrons. The second-order valence-corrected chi connectivity index (χ2v) is 21.7. The minimum absolute atomic E-state index is 0.00885. The maximum Gasteiger partial charge on any atom is 0.573 e. The van der Waals surface area contributed by atoms with Gasteiger partial charge in [0, 0.05) is 87.4 Å². The van der Waals surface area contributed by atoms with Gasteiger partial charge in [0.2, 0.25) is 17.7 Å². The summed E-state index contributed by atoms with van der Waals surface area (Å²) < 4.78 is 41.9. The molecule has 5 aromatic rings. The average Bonchev–Trinajstić information content (AvgIpc) is 3.99. The summed E-state index contributed by atoms with van der Waals surface area (Å²) in [6.45, 7) is 14.8. The molecule has 0 bridgehead atoms. The van der Waals surface area contributed by atoms with Gasteiger partial charge >= 0.3 is 6.36 Å². The maximum absolute atomic E-state index is 14.2. The number of nitrogen functional groups attached to an aromatic ring is 1. The van der Waals surface area contributed by atoms with Crippen LogP contribution in [-0.2, 0) is 14.4 Å². The number of thiazole rings is 1. The van der Waals surface area contributed by atoms with E-state index in [1.165, 1.54) is 11.0 Å². The van der Waals surface area contributed by atoms with Gasteiger partial charge in [-0.2, -0.15) is 0 Å². The Morgan fingerprint density at radius 1 is 0.892 bits per heavy atom. The summed E-state index contributed by atoms with van der Waals surface area (Å²) >= 11 is 1.58. The zero-order chi connectivity index (χ0) is 52.9. The van der Waals surface area contributed by atoms with Crippen LogP contribution >= 0.6 is 11.3 Å². The standard InChI is InChI=1S/C54H67F3N10O6S/c1-33(35-10-12-37(13-11-35)48-34(2)61-32-74-48)62-50(70)45-28-39(68)30-67(45)52(72)49(53(3,4)5)63-46(69)9-7-6-8-20-64-23-25-65(26-24-64)38-14-16-42-44(27-38)59-31-60-47(42)36-18-21-66(22-19-36)51(71)41-17-15-40(29-43(41)58)73-54(55,56)57/h10-17,27,29,31-33,36,39,45,49,68H,6-9,18-26,28,30,58H2,1-5H3,(H,62,70)(H,63,69)/t33-,39-,45+,49+/m0/s1. The SMILES string of the molecule is Cc1ncsc1-c1ccc([C@H](C)NC(=O)[C@H]2C[C@H](O)CN2C(=O)[C@@H](NC(=O)CCCCCN2CCN(c3ccc4c(C5CCN(C(=O)c6ccc(OC(F)(F)F)cc6N)CC5)ncnc4c3)CC2)C(C)(C)C)cc1. The van der Waals surface area contributed by atoms with Gasteiger partial charge < -0.3 is 40.9 Å². The van der Waals surface area contributed by atoms with Crippen LogP contribution in [0.2, 0.25) is 0 Å². The minimum Gasteiger partial charge on any atom is -0.406 e. The molecule has 3 aliphatic heterocycles. The Morgan fingerprint density at radius 3 is 2.28 bits per heavy atom. The number of fused-ring (bicyclic) bond motifs is 1. The van der Waals surface area contributed by atoms with Crippen molar-refractivity contribution in [3.63, 3.8) is 0 Å². The lowest BCUT2D eigenvalue weighted by Crippen LogP contribution is -2.57. The monoisotopic (exact) mass is 1040 g/mol. The number of piperazine rings is 1. The molecule has 4 atom stereocenters. The molecule has 0 spiro atoms. The van der Waals surface area contributed by atoms with Gasteiger partial charge in [0.25, 0.3) is 5.91 Å². The lowest BCUT2D eigenvalue weighted by molar-refractivity contribution is -0.274. The van der Waals surface area contributed by atoms with E-state index >= 15 is 0 Å². The van der Waals surface area contributed by atoms with E-state index in [-0.39, 0.29) is 66.2 Å². The van der Waals surface area contributed by atoms with Crippen LogP contribution in [0, 0.1) is 12.3 Å². The highest BCUT2D eigenvalue weighted by Crippen LogP contribution is 2.35. The molecule has 8 rings (SSSR count). The molecule has 5 heterocycles. The Kier molecular flexibility index (Phi) is 16.8. The number of unbranched alkanes of at least 4 members (excludes halogenated alkanes) is 2. The fourth-order valence-electron chi connectivity index (χ4n) is 10.3. The molecule has 0 saturated carbocycles. The molecule has 0 aliphatic carbocycles. The second kappa shape index (κ2) is 23.0. The first-order chi connectivity index (χ1) is 35.2. The molecule has 74 heavy (non-hydrogen) atoms. The number of alkyl halides is 3. The Labute approximate surface area is 433 Å². The average molecular weight is 1040 g/mol. The molecule has 3 saturated heterocycles. The van der Waals surface area contributed by atoms with Crippen LogP contribution in [-0.4, -0.2) is 135 Å². The number of aryl methyl sites for hydroxylation is 1. The smallest absolute Gasteiger partial charge is 0.406 e. The van der Waals surface area contributed by atoms with Crippen LogP contribution in [0.4, 0.5) is 24.5 Å². The molecule has 3 aliphatic rings. The number of aliphatic hydroxyl groups is 1. The van der Waals surface area contributed by atoms with Gasteiger partial charge in [0.15, 0.2) is 0 Å². The number of halogens is 3. The number of hydrogen-bond acceptors (Lipinski definition) is 13. The highest BCUT2D eigenvalue weighted by Gasteiger charge is 2.45. The number of β-amino-alcohol motifs (C(OH)–C–C–N with tert-alkyl or cyclic N) is 1. The number of aliphatic hydroxyl groups excluding tert-OH is 1. The lowest BCUT2D eigenvalue weighted by atomic mass is 9.85. The van der Waals surface area contributed by atoms with Crippen molar-refractivity contribution in [2.75, 3.05) is 63.0 Å². The van der Waals surface area contributed by atoms with Crippen molar-refractivity contribution in [2.24, 2.45) is 5.41 Å².